The van der Waals surface area contributed by atoms with Crippen LogP contribution < -0.4 is 10.6 Å². The predicted octanol–water partition coefficient (Wildman–Crippen LogP) is -0.158. The highest BCUT2D eigenvalue weighted by Gasteiger charge is 2.58. The van der Waals surface area contributed by atoms with Crippen molar-refractivity contribution in [2.45, 2.75) is 13.3 Å². The summed E-state index contributed by atoms with van der Waals surface area (Å²) in [5.74, 6) is 1.59. The van der Waals surface area contributed by atoms with E-state index in [1.165, 1.54) is 4.90 Å². The standard InChI is InChI=1S/C22H36N6O2/c1-15(14-27-10-8-26(3)9-11-27)13-25-22(23-2)24-6-7-28-20(29)18-16-4-5-17(12-16)19(18)21(28)30/h4-5,15-19H,6-14H2,1-3H3,(H2,23,24,25). The molecule has 8 nitrogen and oxygen atoms in total. The first-order chi connectivity index (χ1) is 14.5. The van der Waals surface area contributed by atoms with Crippen LogP contribution in [0.1, 0.15) is 13.3 Å². The molecule has 3 fully saturated rings. The van der Waals surface area contributed by atoms with Gasteiger partial charge in [0, 0.05) is 59.4 Å². The summed E-state index contributed by atoms with van der Waals surface area (Å²) in [5.41, 5.74) is 0. The van der Waals surface area contributed by atoms with Crippen LogP contribution in [0.5, 0.6) is 0 Å². The van der Waals surface area contributed by atoms with E-state index in [1.807, 2.05) is 0 Å². The van der Waals surface area contributed by atoms with E-state index in [0.29, 0.717) is 19.0 Å². The minimum absolute atomic E-state index is 0.0207. The summed E-state index contributed by atoms with van der Waals surface area (Å²) in [6.45, 7) is 9.62. The first-order valence-corrected chi connectivity index (χ1v) is 11.4. The molecule has 2 amide bonds. The molecule has 2 aliphatic carbocycles. The Bertz CT molecular complexity index is 684. The Labute approximate surface area is 179 Å². The SMILES string of the molecule is CN=C(NCCN1C(=O)C2C3C=CC(C3)C2C1=O)NCC(C)CN1CCN(C)CC1. The molecule has 0 aromatic heterocycles. The van der Waals surface area contributed by atoms with Gasteiger partial charge in [-0.3, -0.25) is 19.5 Å². The highest BCUT2D eigenvalue weighted by Crippen LogP contribution is 2.52. The van der Waals surface area contributed by atoms with Gasteiger partial charge in [0.2, 0.25) is 11.8 Å². The Balaban J connectivity index is 1.17. The van der Waals surface area contributed by atoms with E-state index in [4.69, 9.17) is 0 Å². The Kier molecular flexibility index (Phi) is 6.43. The van der Waals surface area contributed by atoms with Crippen LogP contribution in [0.2, 0.25) is 0 Å². The molecule has 0 spiro atoms. The molecule has 166 valence electrons. The van der Waals surface area contributed by atoms with Crippen LogP contribution in [0.25, 0.3) is 0 Å². The maximum atomic E-state index is 12.7. The largest absolute Gasteiger partial charge is 0.356 e. The number of hydrogen-bond donors (Lipinski definition) is 2. The van der Waals surface area contributed by atoms with E-state index < -0.39 is 0 Å². The molecule has 4 aliphatic rings. The lowest BCUT2D eigenvalue weighted by Crippen LogP contribution is -2.48. The number of carbonyl (C=O) groups is 2. The number of allylic oxidation sites excluding steroid dienone is 2. The van der Waals surface area contributed by atoms with Gasteiger partial charge in [0.1, 0.15) is 0 Å². The average Bonchev–Trinajstić information content (AvgIpc) is 3.41. The number of nitrogens with one attached hydrogen (secondary N) is 2. The molecule has 0 aromatic rings. The molecule has 8 heteroatoms. The van der Waals surface area contributed by atoms with Gasteiger partial charge < -0.3 is 20.4 Å². The number of rotatable bonds is 7. The third-order valence-corrected chi connectivity index (χ3v) is 7.20. The summed E-state index contributed by atoms with van der Waals surface area (Å²) in [6, 6.07) is 0. The fourth-order valence-corrected chi connectivity index (χ4v) is 5.50. The number of guanidine groups is 1. The van der Waals surface area contributed by atoms with Crippen LogP contribution in [0.15, 0.2) is 17.1 Å². The Hall–Kier alpha value is -1.93. The number of aliphatic imine (C=N–C) groups is 1. The first-order valence-electron chi connectivity index (χ1n) is 11.4. The van der Waals surface area contributed by atoms with Crippen molar-refractivity contribution < 1.29 is 9.59 Å². The van der Waals surface area contributed by atoms with E-state index in [2.05, 4.69) is 51.5 Å². The van der Waals surface area contributed by atoms with Crippen molar-refractivity contribution in [3.05, 3.63) is 12.2 Å². The number of nitrogens with zero attached hydrogens (tertiary/aromatic N) is 4. The lowest BCUT2D eigenvalue weighted by Gasteiger charge is -2.34. The lowest BCUT2D eigenvalue weighted by atomic mass is 9.85. The molecule has 1 saturated carbocycles. The topological polar surface area (TPSA) is 80.3 Å². The summed E-state index contributed by atoms with van der Waals surface area (Å²) >= 11 is 0. The molecule has 2 bridgehead atoms. The maximum absolute atomic E-state index is 12.7. The zero-order valence-corrected chi connectivity index (χ0v) is 18.5. The summed E-state index contributed by atoms with van der Waals surface area (Å²) in [4.78, 5) is 36.1. The highest BCUT2D eigenvalue weighted by molar-refractivity contribution is 6.06. The molecule has 0 radical (unpaired) electrons. The third-order valence-electron chi connectivity index (χ3n) is 7.20. The maximum Gasteiger partial charge on any atom is 0.233 e. The number of amides is 2. The molecular formula is C22H36N6O2. The van der Waals surface area contributed by atoms with Gasteiger partial charge in [0.15, 0.2) is 5.96 Å². The van der Waals surface area contributed by atoms with Crippen molar-refractivity contribution in [3.8, 4) is 0 Å². The normalized spacial score (nSPS) is 32.8. The molecule has 2 N–H and O–H groups in total. The Morgan fingerprint density at radius 1 is 1.10 bits per heavy atom. The zero-order chi connectivity index (χ0) is 21.3. The smallest absolute Gasteiger partial charge is 0.233 e. The van der Waals surface area contributed by atoms with Crippen molar-refractivity contribution >= 4 is 17.8 Å². The van der Waals surface area contributed by atoms with Crippen molar-refractivity contribution in [1.29, 1.82) is 0 Å². The van der Waals surface area contributed by atoms with Crippen LogP contribution in [0, 0.1) is 29.6 Å². The Morgan fingerprint density at radius 2 is 1.73 bits per heavy atom. The number of piperazine rings is 1. The zero-order valence-electron chi connectivity index (χ0n) is 18.5. The second-order valence-electron chi connectivity index (χ2n) is 9.42. The predicted molar refractivity (Wildman–Crippen MR) is 117 cm³/mol. The van der Waals surface area contributed by atoms with Gasteiger partial charge in [-0.1, -0.05) is 19.1 Å². The molecule has 2 heterocycles. The van der Waals surface area contributed by atoms with E-state index in [9.17, 15) is 9.59 Å². The number of fused-ring (bicyclic) bond motifs is 5. The van der Waals surface area contributed by atoms with Crippen LogP contribution >= 0.6 is 0 Å². The number of imide groups is 1. The number of likely N-dealkylation sites (tertiary alicyclic amines) is 1. The molecule has 5 atom stereocenters. The minimum atomic E-state index is -0.111. The van der Waals surface area contributed by atoms with E-state index in [1.54, 1.807) is 7.05 Å². The van der Waals surface area contributed by atoms with Gasteiger partial charge in [-0.2, -0.15) is 0 Å². The number of carbonyl (C=O) groups excluding carboxylic acids is 2. The van der Waals surface area contributed by atoms with Gasteiger partial charge in [-0.15, -0.1) is 0 Å². The van der Waals surface area contributed by atoms with Gasteiger partial charge in [-0.25, -0.2) is 0 Å². The van der Waals surface area contributed by atoms with Crippen LogP contribution in [-0.4, -0.2) is 98.9 Å². The Morgan fingerprint density at radius 3 is 2.33 bits per heavy atom. The second kappa shape index (κ2) is 9.06. The number of hydrogen-bond acceptors (Lipinski definition) is 5. The van der Waals surface area contributed by atoms with E-state index in [-0.39, 0.29) is 35.5 Å². The summed E-state index contributed by atoms with van der Waals surface area (Å²) in [6.07, 6.45) is 5.24. The van der Waals surface area contributed by atoms with Crippen molar-refractivity contribution in [2.24, 2.45) is 34.6 Å². The molecule has 4 rings (SSSR count). The van der Waals surface area contributed by atoms with Crippen molar-refractivity contribution in [2.75, 3.05) is 66.5 Å². The molecule has 2 saturated heterocycles. The molecule has 5 unspecified atom stereocenters. The van der Waals surface area contributed by atoms with Crippen LogP contribution in [0.4, 0.5) is 0 Å². The second-order valence-corrected chi connectivity index (χ2v) is 9.42. The lowest BCUT2D eigenvalue weighted by molar-refractivity contribution is -0.140. The fourth-order valence-electron chi connectivity index (χ4n) is 5.50. The average molecular weight is 417 g/mol. The molecule has 0 aromatic carbocycles. The molecule has 2 aliphatic heterocycles. The van der Waals surface area contributed by atoms with Gasteiger partial charge >= 0.3 is 0 Å². The highest BCUT2D eigenvalue weighted by atomic mass is 16.2. The van der Waals surface area contributed by atoms with Gasteiger partial charge in [-0.05, 0) is 31.2 Å². The van der Waals surface area contributed by atoms with E-state index >= 15 is 0 Å². The third kappa shape index (κ3) is 4.25. The fraction of sp³-hybridized carbons (Fsp3) is 0.773. The summed E-state index contributed by atoms with van der Waals surface area (Å²) in [5, 5.41) is 6.65. The number of likely N-dealkylation sites (N-methyl/N-ethyl adjacent to an activating group) is 1. The summed E-state index contributed by atoms with van der Waals surface area (Å²) in [7, 11) is 3.93. The van der Waals surface area contributed by atoms with Gasteiger partial charge in [0.25, 0.3) is 0 Å². The minimum Gasteiger partial charge on any atom is -0.356 e. The first kappa shape index (κ1) is 21.3. The monoisotopic (exact) mass is 416 g/mol. The van der Waals surface area contributed by atoms with Crippen LogP contribution in [-0.2, 0) is 9.59 Å². The molecule has 30 heavy (non-hydrogen) atoms. The summed E-state index contributed by atoms with van der Waals surface area (Å²) < 4.78 is 0. The van der Waals surface area contributed by atoms with E-state index in [0.717, 1.165) is 51.6 Å². The van der Waals surface area contributed by atoms with Crippen LogP contribution in [0.3, 0.4) is 0 Å². The molecular weight excluding hydrogens is 380 g/mol. The quantitative estimate of drug-likeness (QED) is 0.260. The van der Waals surface area contributed by atoms with Crippen molar-refractivity contribution in [3.63, 3.8) is 0 Å². The van der Waals surface area contributed by atoms with Gasteiger partial charge in [0.05, 0.1) is 11.8 Å². The van der Waals surface area contributed by atoms with Crippen molar-refractivity contribution in [1.82, 2.24) is 25.3 Å².